The van der Waals surface area contributed by atoms with E-state index in [9.17, 15) is 9.59 Å². The number of hydrogen-bond donors (Lipinski definition) is 1. The van der Waals surface area contributed by atoms with Gasteiger partial charge in [0.1, 0.15) is 10.6 Å². The lowest BCUT2D eigenvalue weighted by Crippen LogP contribution is -2.27. The summed E-state index contributed by atoms with van der Waals surface area (Å²) in [6.45, 7) is 0. The van der Waals surface area contributed by atoms with Gasteiger partial charge in [-0.05, 0) is 36.7 Å². The van der Waals surface area contributed by atoms with E-state index in [4.69, 9.17) is 4.74 Å². The summed E-state index contributed by atoms with van der Waals surface area (Å²) in [5.41, 5.74) is 2.20. The second-order valence-corrected chi connectivity index (χ2v) is 7.86. The Hall–Kier alpha value is -2.14. The quantitative estimate of drug-likeness (QED) is 0.817. The average Bonchev–Trinajstić information content (AvgIpc) is 3.37. The molecule has 3 unspecified atom stereocenters. The maximum Gasteiger partial charge on any atom is 0.341 e. The molecule has 0 radical (unpaired) electrons. The second kappa shape index (κ2) is 6.64. The molecule has 1 N–H and O–H groups in total. The first-order chi connectivity index (χ1) is 12.2. The molecular weight excluding hydrogens is 334 g/mol. The molecule has 0 saturated heterocycles. The molecular formula is C20H21NO3S. The van der Waals surface area contributed by atoms with E-state index in [2.05, 4.69) is 5.32 Å². The van der Waals surface area contributed by atoms with Gasteiger partial charge in [-0.3, -0.25) is 4.79 Å². The summed E-state index contributed by atoms with van der Waals surface area (Å²) < 4.78 is 4.97. The monoisotopic (exact) mass is 355 g/mol. The Morgan fingerprint density at radius 3 is 2.60 bits per heavy atom. The average molecular weight is 355 g/mol. The highest BCUT2D eigenvalue weighted by atomic mass is 32.1. The summed E-state index contributed by atoms with van der Waals surface area (Å²) in [7, 11) is 1.37. The van der Waals surface area contributed by atoms with Gasteiger partial charge in [0.25, 0.3) is 0 Å². The number of anilines is 1. The van der Waals surface area contributed by atoms with E-state index >= 15 is 0 Å². The first-order valence-electron chi connectivity index (χ1n) is 8.73. The van der Waals surface area contributed by atoms with E-state index in [0.29, 0.717) is 22.4 Å². The standard InChI is InChI=1S/C20H21NO3S/c1-24-20(23)17-16(13-5-3-2-4-6-13)11-25-19(17)21-18(22)15-10-12-7-8-14(15)9-12/h2-6,11-12,14-15H,7-10H2,1H3,(H,21,22). The zero-order valence-corrected chi connectivity index (χ0v) is 15.0. The Labute approximate surface area is 151 Å². The molecule has 4 rings (SSSR count). The third kappa shape index (κ3) is 2.97. The Balaban J connectivity index is 1.62. The summed E-state index contributed by atoms with van der Waals surface area (Å²) in [6.07, 6.45) is 4.59. The third-order valence-electron chi connectivity index (χ3n) is 5.58. The Morgan fingerprint density at radius 1 is 1.16 bits per heavy atom. The maximum atomic E-state index is 12.8. The zero-order valence-electron chi connectivity index (χ0n) is 14.2. The highest BCUT2D eigenvalue weighted by Gasteiger charge is 2.43. The van der Waals surface area contributed by atoms with E-state index in [1.54, 1.807) is 0 Å². The normalized spacial score (nSPS) is 24.3. The SMILES string of the molecule is COC(=O)c1c(-c2ccccc2)csc1NC(=O)C1CC2CCC1C2. The lowest BCUT2D eigenvalue weighted by molar-refractivity contribution is -0.121. The summed E-state index contributed by atoms with van der Waals surface area (Å²) in [4.78, 5) is 25.1. The fraction of sp³-hybridized carbons (Fsp3) is 0.400. The molecule has 2 saturated carbocycles. The van der Waals surface area contributed by atoms with Crippen LogP contribution in [0.4, 0.5) is 5.00 Å². The second-order valence-electron chi connectivity index (χ2n) is 6.98. The Bertz CT molecular complexity index is 799. The van der Waals surface area contributed by atoms with Crippen molar-refractivity contribution in [3.8, 4) is 11.1 Å². The molecule has 1 aromatic carbocycles. The minimum Gasteiger partial charge on any atom is -0.465 e. The number of hydrogen-bond acceptors (Lipinski definition) is 4. The van der Waals surface area contributed by atoms with Crippen LogP contribution in [0.1, 0.15) is 36.0 Å². The van der Waals surface area contributed by atoms with Gasteiger partial charge >= 0.3 is 5.97 Å². The first-order valence-corrected chi connectivity index (χ1v) is 9.61. The number of esters is 1. The van der Waals surface area contributed by atoms with Crippen molar-refractivity contribution in [2.75, 3.05) is 12.4 Å². The number of fused-ring (bicyclic) bond motifs is 2. The van der Waals surface area contributed by atoms with E-state index in [-0.39, 0.29) is 11.8 Å². The molecule has 0 spiro atoms. The van der Waals surface area contributed by atoms with Gasteiger partial charge in [0, 0.05) is 16.9 Å². The molecule has 3 atom stereocenters. The molecule has 25 heavy (non-hydrogen) atoms. The van der Waals surface area contributed by atoms with Gasteiger partial charge in [0.05, 0.1) is 7.11 Å². The summed E-state index contributed by atoms with van der Waals surface area (Å²) in [5.74, 6) is 0.956. The van der Waals surface area contributed by atoms with E-state index in [1.165, 1.54) is 31.3 Å². The van der Waals surface area contributed by atoms with Crippen molar-refractivity contribution in [2.45, 2.75) is 25.7 Å². The molecule has 2 fully saturated rings. The van der Waals surface area contributed by atoms with Gasteiger partial charge in [0.15, 0.2) is 0 Å². The number of amides is 1. The molecule has 2 aromatic rings. The van der Waals surface area contributed by atoms with Crippen molar-refractivity contribution < 1.29 is 14.3 Å². The largest absolute Gasteiger partial charge is 0.465 e. The number of methoxy groups -OCH3 is 1. The molecule has 5 heteroatoms. The number of carbonyl (C=O) groups excluding carboxylic acids is 2. The van der Waals surface area contributed by atoms with Crippen molar-refractivity contribution in [2.24, 2.45) is 17.8 Å². The maximum absolute atomic E-state index is 12.8. The lowest BCUT2D eigenvalue weighted by Gasteiger charge is -2.20. The van der Waals surface area contributed by atoms with Crippen molar-refractivity contribution in [1.82, 2.24) is 0 Å². The van der Waals surface area contributed by atoms with Crippen molar-refractivity contribution in [1.29, 1.82) is 0 Å². The molecule has 0 aliphatic heterocycles. The van der Waals surface area contributed by atoms with Gasteiger partial charge in [-0.25, -0.2) is 4.79 Å². The predicted molar refractivity (Wildman–Crippen MR) is 98.7 cm³/mol. The number of carbonyl (C=O) groups is 2. The van der Waals surface area contributed by atoms with Gasteiger partial charge in [-0.1, -0.05) is 36.8 Å². The highest BCUT2D eigenvalue weighted by Crippen LogP contribution is 2.49. The highest BCUT2D eigenvalue weighted by molar-refractivity contribution is 7.15. The van der Waals surface area contributed by atoms with Crippen LogP contribution in [0.25, 0.3) is 11.1 Å². The van der Waals surface area contributed by atoms with Gasteiger partial charge in [-0.2, -0.15) is 0 Å². The van der Waals surface area contributed by atoms with Crippen LogP contribution >= 0.6 is 11.3 Å². The van der Waals surface area contributed by atoms with E-state index < -0.39 is 5.97 Å². The van der Waals surface area contributed by atoms with Crippen LogP contribution in [0.5, 0.6) is 0 Å². The van der Waals surface area contributed by atoms with E-state index in [0.717, 1.165) is 24.0 Å². The minimum atomic E-state index is -0.414. The molecule has 2 bridgehead atoms. The van der Waals surface area contributed by atoms with Crippen molar-refractivity contribution in [3.05, 3.63) is 41.3 Å². The summed E-state index contributed by atoms with van der Waals surface area (Å²) in [6, 6.07) is 9.71. The number of ether oxygens (including phenoxy) is 1. The first kappa shape index (κ1) is 16.3. The van der Waals surface area contributed by atoms with Crippen LogP contribution in [-0.2, 0) is 9.53 Å². The van der Waals surface area contributed by atoms with Crippen molar-refractivity contribution in [3.63, 3.8) is 0 Å². The molecule has 1 amide bonds. The molecule has 4 nitrogen and oxygen atoms in total. The van der Waals surface area contributed by atoms with Crippen LogP contribution in [0.15, 0.2) is 35.7 Å². The van der Waals surface area contributed by atoms with Gasteiger partial charge in [0.2, 0.25) is 5.91 Å². The van der Waals surface area contributed by atoms with Crippen molar-refractivity contribution >= 4 is 28.2 Å². The van der Waals surface area contributed by atoms with E-state index in [1.807, 2.05) is 35.7 Å². The molecule has 1 aromatic heterocycles. The fourth-order valence-corrected chi connectivity index (χ4v) is 5.32. The number of thiophene rings is 1. The van der Waals surface area contributed by atoms with Crippen LogP contribution in [0.2, 0.25) is 0 Å². The minimum absolute atomic E-state index is 0.0545. The smallest absolute Gasteiger partial charge is 0.341 e. The van der Waals surface area contributed by atoms with Crippen LogP contribution in [0, 0.1) is 17.8 Å². The number of nitrogens with one attached hydrogen (secondary N) is 1. The molecule has 130 valence electrons. The van der Waals surface area contributed by atoms with Gasteiger partial charge < -0.3 is 10.1 Å². The molecule has 2 aliphatic rings. The number of benzene rings is 1. The Morgan fingerprint density at radius 2 is 1.96 bits per heavy atom. The lowest BCUT2D eigenvalue weighted by atomic mass is 9.88. The predicted octanol–water partition coefficient (Wildman–Crippen LogP) is 4.58. The third-order valence-corrected chi connectivity index (χ3v) is 6.47. The van der Waals surface area contributed by atoms with Crippen LogP contribution in [0.3, 0.4) is 0 Å². The fourth-order valence-electron chi connectivity index (χ4n) is 4.36. The van der Waals surface area contributed by atoms with Crippen LogP contribution in [-0.4, -0.2) is 19.0 Å². The topological polar surface area (TPSA) is 55.4 Å². The summed E-state index contributed by atoms with van der Waals surface area (Å²) >= 11 is 1.39. The number of rotatable bonds is 4. The van der Waals surface area contributed by atoms with Gasteiger partial charge in [-0.15, -0.1) is 11.3 Å². The summed E-state index contributed by atoms with van der Waals surface area (Å²) in [5, 5.41) is 5.53. The molecule has 1 heterocycles. The Kier molecular flexibility index (Phi) is 4.34. The van der Waals surface area contributed by atoms with Crippen LogP contribution < -0.4 is 5.32 Å². The zero-order chi connectivity index (χ0) is 17.4. The molecule has 2 aliphatic carbocycles.